The Balaban J connectivity index is 2.46. The van der Waals surface area contributed by atoms with Crippen molar-refractivity contribution in [3.63, 3.8) is 0 Å². The summed E-state index contributed by atoms with van der Waals surface area (Å²) < 4.78 is 23.1. The second kappa shape index (κ2) is 6.10. The van der Waals surface area contributed by atoms with E-state index in [2.05, 4.69) is 0 Å². The summed E-state index contributed by atoms with van der Waals surface area (Å²) in [7, 11) is -3.47. The van der Waals surface area contributed by atoms with Gasteiger partial charge in [0.1, 0.15) is 0 Å². The van der Waals surface area contributed by atoms with E-state index in [0.29, 0.717) is 4.90 Å². The van der Waals surface area contributed by atoms with Gasteiger partial charge in [-0.1, -0.05) is 17.8 Å². The Bertz CT molecular complexity index is 845. The molecule has 0 N–H and O–H groups in total. The monoisotopic (exact) mass is 337 g/mol. The van der Waals surface area contributed by atoms with Crippen molar-refractivity contribution in [3.05, 3.63) is 57.6 Å². The molecule has 0 aliphatic heterocycles. The first kappa shape index (κ1) is 16.5. The maximum absolute atomic E-state index is 11.5. The summed E-state index contributed by atoms with van der Waals surface area (Å²) in [5.74, 6) is 0. The van der Waals surface area contributed by atoms with E-state index < -0.39 is 14.8 Å². The van der Waals surface area contributed by atoms with Crippen LogP contribution in [0.4, 0.5) is 5.69 Å². The van der Waals surface area contributed by atoms with E-state index in [9.17, 15) is 18.5 Å². The molecule has 0 saturated heterocycles. The minimum atomic E-state index is -3.47. The summed E-state index contributed by atoms with van der Waals surface area (Å²) in [6.07, 6.45) is 1.03. The van der Waals surface area contributed by atoms with Gasteiger partial charge in [-0.05, 0) is 49.2 Å². The van der Waals surface area contributed by atoms with Crippen LogP contribution in [0.1, 0.15) is 11.1 Å². The van der Waals surface area contributed by atoms with Crippen LogP contribution in [-0.4, -0.2) is 19.6 Å². The Kier molecular flexibility index (Phi) is 4.58. The summed E-state index contributed by atoms with van der Waals surface area (Å²) in [6.45, 7) is 3.97. The number of rotatable bonds is 4. The summed E-state index contributed by atoms with van der Waals surface area (Å²) >= 11 is 1.25. The number of hydrogen-bond acceptors (Lipinski definition) is 5. The average Bonchev–Trinajstić information content (AvgIpc) is 2.42. The van der Waals surface area contributed by atoms with Gasteiger partial charge in [-0.25, -0.2) is 8.42 Å². The van der Waals surface area contributed by atoms with Gasteiger partial charge in [0.2, 0.25) is 0 Å². The lowest BCUT2D eigenvalue weighted by atomic mass is 10.1. The molecule has 5 nitrogen and oxygen atoms in total. The van der Waals surface area contributed by atoms with E-state index in [4.69, 9.17) is 0 Å². The number of nitrogens with zero attached hydrogens (tertiary/aromatic N) is 1. The molecule has 0 fully saturated rings. The largest absolute Gasteiger partial charge is 0.284 e. The van der Waals surface area contributed by atoms with Crippen LogP contribution in [0.25, 0.3) is 0 Å². The second-order valence-electron chi connectivity index (χ2n) is 5.01. The lowest BCUT2D eigenvalue weighted by Crippen LogP contribution is -1.99. The van der Waals surface area contributed by atoms with Gasteiger partial charge in [-0.15, -0.1) is 0 Å². The molecule has 0 aliphatic carbocycles. The van der Waals surface area contributed by atoms with Crippen LogP contribution in [0.15, 0.2) is 51.1 Å². The molecule has 116 valence electrons. The molecule has 0 saturated carbocycles. The molecule has 0 aliphatic rings. The Morgan fingerprint density at radius 1 is 1.05 bits per heavy atom. The summed E-state index contributed by atoms with van der Waals surface area (Å²) in [5, 5.41) is 11.2. The zero-order chi connectivity index (χ0) is 16.5. The topological polar surface area (TPSA) is 77.3 Å². The van der Waals surface area contributed by atoms with E-state index in [-0.39, 0.29) is 10.6 Å². The minimum absolute atomic E-state index is 0.0522. The van der Waals surface area contributed by atoms with Gasteiger partial charge < -0.3 is 0 Å². The van der Waals surface area contributed by atoms with E-state index in [1.807, 2.05) is 32.0 Å². The lowest BCUT2D eigenvalue weighted by Gasteiger charge is -2.07. The van der Waals surface area contributed by atoms with Gasteiger partial charge in [-0.3, -0.25) is 10.1 Å². The number of sulfone groups is 1. The molecule has 0 radical (unpaired) electrons. The standard InChI is InChI=1S/C15H15NO4S2/c1-10-4-5-12(8-11(10)2)21-15-7-6-13(22(3,19)20)9-14(15)16(17)18/h4-9H,1-3H3. The van der Waals surface area contributed by atoms with Crippen molar-refractivity contribution < 1.29 is 13.3 Å². The van der Waals surface area contributed by atoms with Crippen molar-refractivity contribution >= 4 is 27.3 Å². The van der Waals surface area contributed by atoms with E-state index in [1.54, 1.807) is 0 Å². The zero-order valence-electron chi connectivity index (χ0n) is 12.4. The molecule has 2 aromatic carbocycles. The normalized spacial score (nSPS) is 11.4. The van der Waals surface area contributed by atoms with Gasteiger partial charge in [0.25, 0.3) is 5.69 Å². The Hall–Kier alpha value is -1.86. The minimum Gasteiger partial charge on any atom is -0.258 e. The predicted molar refractivity (Wildman–Crippen MR) is 86.2 cm³/mol. The maximum atomic E-state index is 11.5. The van der Waals surface area contributed by atoms with Gasteiger partial charge >= 0.3 is 0 Å². The molecule has 0 heterocycles. The van der Waals surface area contributed by atoms with Crippen molar-refractivity contribution in [1.29, 1.82) is 0 Å². The predicted octanol–water partition coefficient (Wildman–Crippen LogP) is 3.77. The molecule has 0 bridgehead atoms. The smallest absolute Gasteiger partial charge is 0.258 e. The van der Waals surface area contributed by atoms with Crippen LogP contribution in [0.5, 0.6) is 0 Å². The highest BCUT2D eigenvalue weighted by atomic mass is 32.2. The lowest BCUT2D eigenvalue weighted by molar-refractivity contribution is -0.388. The van der Waals surface area contributed by atoms with Crippen molar-refractivity contribution in [1.82, 2.24) is 0 Å². The first-order valence-corrected chi connectivity index (χ1v) is 9.13. The van der Waals surface area contributed by atoms with Crippen LogP contribution in [-0.2, 0) is 9.84 Å². The van der Waals surface area contributed by atoms with Crippen LogP contribution in [0.2, 0.25) is 0 Å². The third-order valence-corrected chi connectivity index (χ3v) is 5.43. The molecule has 0 amide bonds. The summed E-state index contributed by atoms with van der Waals surface area (Å²) in [4.78, 5) is 11.9. The quantitative estimate of drug-likeness (QED) is 0.627. The third kappa shape index (κ3) is 3.66. The Labute approximate surface area is 133 Å². The van der Waals surface area contributed by atoms with Crippen molar-refractivity contribution in [2.75, 3.05) is 6.26 Å². The van der Waals surface area contributed by atoms with Crippen molar-refractivity contribution in [2.24, 2.45) is 0 Å². The molecule has 0 unspecified atom stereocenters. The van der Waals surface area contributed by atoms with Crippen LogP contribution in [0.3, 0.4) is 0 Å². The maximum Gasteiger partial charge on any atom is 0.284 e. The fraction of sp³-hybridized carbons (Fsp3) is 0.200. The number of nitro benzene ring substituents is 1. The fourth-order valence-electron chi connectivity index (χ4n) is 1.86. The van der Waals surface area contributed by atoms with Gasteiger partial charge in [-0.2, -0.15) is 0 Å². The highest BCUT2D eigenvalue weighted by molar-refractivity contribution is 7.99. The molecule has 2 aromatic rings. The van der Waals surface area contributed by atoms with Crippen molar-refractivity contribution in [3.8, 4) is 0 Å². The molecule has 0 aromatic heterocycles. The molecule has 7 heteroatoms. The number of aryl methyl sites for hydroxylation is 2. The first-order chi connectivity index (χ1) is 10.2. The molecule has 0 atom stereocenters. The second-order valence-corrected chi connectivity index (χ2v) is 8.14. The van der Waals surface area contributed by atoms with Gasteiger partial charge in [0, 0.05) is 17.2 Å². The Morgan fingerprint density at radius 2 is 1.73 bits per heavy atom. The van der Waals surface area contributed by atoms with Gasteiger partial charge in [0.15, 0.2) is 9.84 Å². The molecular weight excluding hydrogens is 322 g/mol. The Morgan fingerprint density at radius 3 is 2.27 bits per heavy atom. The molecule has 22 heavy (non-hydrogen) atoms. The third-order valence-electron chi connectivity index (χ3n) is 3.26. The summed E-state index contributed by atoms with van der Waals surface area (Å²) in [5.41, 5.74) is 2.04. The van der Waals surface area contributed by atoms with Crippen LogP contribution in [0, 0.1) is 24.0 Å². The SMILES string of the molecule is Cc1ccc(Sc2ccc(S(C)(=O)=O)cc2[N+](=O)[O-])cc1C. The van der Waals surface area contributed by atoms with E-state index in [1.165, 1.54) is 23.9 Å². The zero-order valence-corrected chi connectivity index (χ0v) is 14.0. The van der Waals surface area contributed by atoms with Crippen LogP contribution < -0.4 is 0 Å². The fourth-order valence-corrected chi connectivity index (χ4v) is 3.50. The summed E-state index contributed by atoms with van der Waals surface area (Å²) in [6, 6.07) is 9.78. The highest BCUT2D eigenvalue weighted by Gasteiger charge is 2.19. The number of hydrogen-bond donors (Lipinski definition) is 0. The average molecular weight is 337 g/mol. The molecular formula is C15H15NO4S2. The van der Waals surface area contributed by atoms with Crippen molar-refractivity contribution in [2.45, 2.75) is 28.5 Å². The van der Waals surface area contributed by atoms with E-state index >= 15 is 0 Å². The molecule has 2 rings (SSSR count). The number of nitro groups is 1. The van der Waals surface area contributed by atoms with Crippen LogP contribution >= 0.6 is 11.8 Å². The van der Waals surface area contributed by atoms with Gasteiger partial charge in [0.05, 0.1) is 14.7 Å². The number of benzene rings is 2. The first-order valence-electron chi connectivity index (χ1n) is 6.42. The highest BCUT2D eigenvalue weighted by Crippen LogP contribution is 2.36. The molecule has 0 spiro atoms. The van der Waals surface area contributed by atoms with E-state index in [0.717, 1.165) is 28.3 Å².